The van der Waals surface area contributed by atoms with Gasteiger partial charge in [-0.05, 0) is 41.7 Å². The maximum Gasteiger partial charge on any atom is 0.223 e. The SMILES string of the molecule is Cn1nnnc1SCCC(=O)N1CCCC[C@@H]1Cc1ccccc1. The van der Waals surface area contributed by atoms with E-state index in [0.717, 1.165) is 31.0 Å². The van der Waals surface area contributed by atoms with Crippen molar-refractivity contribution in [3.05, 3.63) is 35.9 Å². The van der Waals surface area contributed by atoms with Gasteiger partial charge in [-0.15, -0.1) is 5.10 Å². The Morgan fingerprint density at radius 2 is 2.12 bits per heavy atom. The number of rotatable bonds is 6. The van der Waals surface area contributed by atoms with Crippen LogP contribution in [0.15, 0.2) is 35.5 Å². The molecule has 1 saturated heterocycles. The van der Waals surface area contributed by atoms with Gasteiger partial charge in [-0.1, -0.05) is 42.1 Å². The number of aromatic nitrogens is 4. The highest BCUT2D eigenvalue weighted by atomic mass is 32.2. The van der Waals surface area contributed by atoms with Crippen LogP contribution in [0.5, 0.6) is 0 Å². The molecule has 1 aliphatic rings. The Morgan fingerprint density at radius 1 is 1.29 bits per heavy atom. The normalized spacial score (nSPS) is 17.9. The molecule has 0 radical (unpaired) electrons. The van der Waals surface area contributed by atoms with Gasteiger partial charge in [0.25, 0.3) is 0 Å². The Morgan fingerprint density at radius 3 is 2.88 bits per heavy atom. The van der Waals surface area contributed by atoms with Crippen molar-refractivity contribution in [1.29, 1.82) is 0 Å². The molecule has 1 aromatic carbocycles. The van der Waals surface area contributed by atoms with Crippen LogP contribution >= 0.6 is 11.8 Å². The van der Waals surface area contributed by atoms with Crippen LogP contribution in [0.4, 0.5) is 0 Å². The van der Waals surface area contributed by atoms with Crippen LogP contribution in [0.25, 0.3) is 0 Å². The van der Waals surface area contributed by atoms with Crippen molar-refractivity contribution in [2.24, 2.45) is 7.05 Å². The number of carbonyl (C=O) groups excluding carboxylic acids is 1. The fourth-order valence-corrected chi connectivity index (χ4v) is 3.92. The summed E-state index contributed by atoms with van der Waals surface area (Å²) in [5, 5.41) is 12.1. The number of amides is 1. The highest BCUT2D eigenvalue weighted by Crippen LogP contribution is 2.22. The third kappa shape index (κ3) is 4.35. The summed E-state index contributed by atoms with van der Waals surface area (Å²) in [6.45, 7) is 0.881. The molecule has 6 nitrogen and oxygen atoms in total. The number of benzene rings is 1. The standard InChI is InChI=1S/C17H23N5OS/c1-21-17(18-19-20-21)24-12-10-16(23)22-11-6-5-9-15(22)13-14-7-3-2-4-8-14/h2-4,7-8,15H,5-6,9-13H2,1H3/t15-/m1/s1. The van der Waals surface area contributed by atoms with Gasteiger partial charge in [0.05, 0.1) is 0 Å². The summed E-state index contributed by atoms with van der Waals surface area (Å²) >= 11 is 1.53. The number of nitrogens with zero attached hydrogens (tertiary/aromatic N) is 5. The lowest BCUT2D eigenvalue weighted by Crippen LogP contribution is -2.45. The second kappa shape index (κ2) is 8.28. The first kappa shape index (κ1) is 17.0. The minimum Gasteiger partial charge on any atom is -0.339 e. The summed E-state index contributed by atoms with van der Waals surface area (Å²) in [7, 11) is 1.81. The quantitative estimate of drug-likeness (QED) is 0.752. The summed E-state index contributed by atoms with van der Waals surface area (Å²) < 4.78 is 1.63. The second-order valence-corrected chi connectivity index (χ2v) is 7.17. The second-order valence-electron chi connectivity index (χ2n) is 6.11. The van der Waals surface area contributed by atoms with Crippen molar-refractivity contribution in [3.63, 3.8) is 0 Å². The van der Waals surface area contributed by atoms with Gasteiger partial charge >= 0.3 is 0 Å². The number of aryl methyl sites for hydroxylation is 1. The molecule has 2 heterocycles. The predicted molar refractivity (Wildman–Crippen MR) is 93.6 cm³/mol. The minimum atomic E-state index is 0.248. The lowest BCUT2D eigenvalue weighted by Gasteiger charge is -2.36. The molecule has 1 aliphatic heterocycles. The Balaban J connectivity index is 1.54. The Hall–Kier alpha value is -1.89. The van der Waals surface area contributed by atoms with E-state index in [1.807, 2.05) is 13.1 Å². The molecule has 1 amide bonds. The molecular formula is C17H23N5OS. The average Bonchev–Trinajstić information content (AvgIpc) is 3.01. The summed E-state index contributed by atoms with van der Waals surface area (Å²) in [6, 6.07) is 10.8. The predicted octanol–water partition coefficient (Wildman–Crippen LogP) is 2.32. The third-order valence-corrected chi connectivity index (χ3v) is 5.40. The van der Waals surface area contributed by atoms with Gasteiger partial charge in [-0.3, -0.25) is 4.79 Å². The Kier molecular flexibility index (Phi) is 5.85. The van der Waals surface area contributed by atoms with E-state index in [4.69, 9.17) is 0 Å². The molecule has 2 aromatic rings. The maximum atomic E-state index is 12.7. The largest absolute Gasteiger partial charge is 0.339 e. The van der Waals surface area contributed by atoms with Crippen molar-refractivity contribution in [2.75, 3.05) is 12.3 Å². The first-order valence-electron chi connectivity index (χ1n) is 8.42. The van der Waals surface area contributed by atoms with Crippen LogP contribution in [0.3, 0.4) is 0 Å². The Labute approximate surface area is 146 Å². The van der Waals surface area contributed by atoms with E-state index in [1.165, 1.54) is 23.7 Å². The van der Waals surface area contributed by atoms with Gasteiger partial charge in [0.2, 0.25) is 11.1 Å². The zero-order valence-corrected chi connectivity index (χ0v) is 14.8. The van der Waals surface area contributed by atoms with Crippen LogP contribution in [0.1, 0.15) is 31.2 Å². The van der Waals surface area contributed by atoms with Gasteiger partial charge in [-0.25, -0.2) is 4.68 Å². The molecule has 0 saturated carbocycles. The highest BCUT2D eigenvalue weighted by molar-refractivity contribution is 7.99. The number of thioether (sulfide) groups is 1. The molecule has 1 atom stereocenters. The van der Waals surface area contributed by atoms with Gasteiger partial charge in [0.15, 0.2) is 0 Å². The third-order valence-electron chi connectivity index (χ3n) is 4.39. The van der Waals surface area contributed by atoms with E-state index < -0.39 is 0 Å². The smallest absolute Gasteiger partial charge is 0.223 e. The number of hydrogen-bond donors (Lipinski definition) is 0. The molecule has 3 rings (SSSR count). The molecule has 0 spiro atoms. The van der Waals surface area contributed by atoms with Crippen LogP contribution in [-0.2, 0) is 18.3 Å². The summed E-state index contributed by atoms with van der Waals surface area (Å²) in [4.78, 5) is 14.8. The van der Waals surface area contributed by atoms with Crippen LogP contribution in [0, 0.1) is 0 Å². The first-order valence-corrected chi connectivity index (χ1v) is 9.41. The molecule has 24 heavy (non-hydrogen) atoms. The summed E-state index contributed by atoms with van der Waals surface area (Å²) in [5.74, 6) is 0.958. The number of likely N-dealkylation sites (tertiary alicyclic amines) is 1. The van der Waals surface area contributed by atoms with Crippen LogP contribution in [-0.4, -0.2) is 49.4 Å². The van der Waals surface area contributed by atoms with Gasteiger partial charge in [-0.2, -0.15) is 0 Å². The van der Waals surface area contributed by atoms with Crippen molar-refractivity contribution in [3.8, 4) is 0 Å². The topological polar surface area (TPSA) is 63.9 Å². The fourth-order valence-electron chi connectivity index (χ4n) is 3.14. The lowest BCUT2D eigenvalue weighted by molar-refractivity contribution is -0.134. The molecule has 1 fully saturated rings. The summed E-state index contributed by atoms with van der Waals surface area (Å²) in [5.41, 5.74) is 1.31. The van der Waals surface area contributed by atoms with Gasteiger partial charge in [0.1, 0.15) is 0 Å². The molecular weight excluding hydrogens is 322 g/mol. The van der Waals surface area contributed by atoms with Crippen molar-refractivity contribution < 1.29 is 4.79 Å². The number of piperidine rings is 1. The van der Waals surface area contributed by atoms with Crippen LogP contribution in [0.2, 0.25) is 0 Å². The summed E-state index contributed by atoms with van der Waals surface area (Å²) in [6.07, 6.45) is 4.90. The van der Waals surface area contributed by atoms with Crippen molar-refractivity contribution in [1.82, 2.24) is 25.1 Å². The van der Waals surface area contributed by atoms with Gasteiger partial charge < -0.3 is 4.90 Å². The van der Waals surface area contributed by atoms with Crippen molar-refractivity contribution >= 4 is 17.7 Å². The molecule has 1 aromatic heterocycles. The van der Waals surface area contributed by atoms with E-state index in [9.17, 15) is 4.79 Å². The van der Waals surface area contributed by atoms with E-state index in [1.54, 1.807) is 4.68 Å². The molecule has 0 unspecified atom stereocenters. The average molecular weight is 345 g/mol. The molecule has 7 heteroatoms. The number of hydrogen-bond acceptors (Lipinski definition) is 5. The number of carbonyl (C=O) groups is 1. The monoisotopic (exact) mass is 345 g/mol. The van der Waals surface area contributed by atoms with Crippen molar-refractivity contribution in [2.45, 2.75) is 43.3 Å². The minimum absolute atomic E-state index is 0.248. The lowest BCUT2D eigenvalue weighted by atomic mass is 9.95. The van der Waals surface area contributed by atoms with E-state index in [0.29, 0.717) is 18.2 Å². The fraction of sp³-hybridized carbons (Fsp3) is 0.529. The zero-order chi connectivity index (χ0) is 16.8. The maximum absolute atomic E-state index is 12.7. The van der Waals surface area contributed by atoms with Crippen LogP contribution < -0.4 is 0 Å². The molecule has 0 aliphatic carbocycles. The first-order chi connectivity index (χ1) is 11.7. The van der Waals surface area contributed by atoms with E-state index in [2.05, 4.69) is 44.7 Å². The molecule has 0 N–H and O–H groups in total. The van der Waals surface area contributed by atoms with E-state index in [-0.39, 0.29) is 5.91 Å². The molecule has 128 valence electrons. The number of tetrazole rings is 1. The Bertz CT molecular complexity index is 660. The molecule has 0 bridgehead atoms. The zero-order valence-electron chi connectivity index (χ0n) is 14.0. The highest BCUT2D eigenvalue weighted by Gasteiger charge is 2.26. The van der Waals surface area contributed by atoms with Gasteiger partial charge in [0, 0.05) is 31.8 Å². The van der Waals surface area contributed by atoms with E-state index >= 15 is 0 Å².